The number of carbonyl (C=O) groups excluding carboxylic acids is 1. The fourth-order valence-electron chi connectivity index (χ4n) is 3.66. The highest BCUT2D eigenvalue weighted by Gasteiger charge is 2.24. The summed E-state index contributed by atoms with van der Waals surface area (Å²) >= 11 is 0. The highest BCUT2D eigenvalue weighted by molar-refractivity contribution is 5.98. The van der Waals surface area contributed by atoms with E-state index in [0.29, 0.717) is 5.76 Å². The summed E-state index contributed by atoms with van der Waals surface area (Å²) in [5.74, 6) is 0.272. The maximum Gasteiger partial charge on any atom is 0.287 e. The van der Waals surface area contributed by atoms with Gasteiger partial charge >= 0.3 is 0 Å². The summed E-state index contributed by atoms with van der Waals surface area (Å²) in [7, 11) is 0. The molecule has 1 aromatic heterocycles. The van der Waals surface area contributed by atoms with Crippen molar-refractivity contribution in [3.05, 3.63) is 84.3 Å². The normalized spacial score (nSPS) is 15.6. The van der Waals surface area contributed by atoms with Gasteiger partial charge in [0.2, 0.25) is 0 Å². The van der Waals surface area contributed by atoms with E-state index in [4.69, 9.17) is 4.42 Å². The topological polar surface area (TPSA) is 45.5 Å². The van der Waals surface area contributed by atoms with Crippen molar-refractivity contribution in [2.24, 2.45) is 0 Å². The maximum atomic E-state index is 12.7. The second kappa shape index (κ2) is 8.23. The number of hydrogen-bond acceptors (Lipinski definition) is 3. The lowest BCUT2D eigenvalue weighted by atomic mass is 10.0. The predicted octanol–water partition coefficient (Wildman–Crippen LogP) is 4.34. The molecule has 0 atom stereocenters. The zero-order valence-corrected chi connectivity index (χ0v) is 15.3. The van der Waals surface area contributed by atoms with Crippen molar-refractivity contribution < 1.29 is 9.21 Å². The molecule has 2 heterocycles. The van der Waals surface area contributed by atoms with Crippen LogP contribution >= 0.6 is 0 Å². The van der Waals surface area contributed by atoms with E-state index in [2.05, 4.69) is 34.5 Å². The summed E-state index contributed by atoms with van der Waals surface area (Å²) in [6.45, 7) is 2.95. The Morgan fingerprint density at radius 2 is 1.63 bits per heavy atom. The Hall–Kier alpha value is -2.85. The first-order valence-corrected chi connectivity index (χ1v) is 9.49. The molecule has 4 nitrogen and oxygen atoms in total. The Labute approximate surface area is 159 Å². The molecular formula is C23H24N2O2. The molecule has 2 aromatic carbocycles. The zero-order chi connectivity index (χ0) is 18.5. The monoisotopic (exact) mass is 360 g/mol. The van der Waals surface area contributed by atoms with Crippen molar-refractivity contribution in [2.75, 3.05) is 13.1 Å². The molecule has 0 unspecified atom stereocenters. The van der Waals surface area contributed by atoms with Crippen molar-refractivity contribution in [3.8, 4) is 11.1 Å². The van der Waals surface area contributed by atoms with E-state index in [-0.39, 0.29) is 11.9 Å². The standard InChI is InChI=1S/C23H24N2O2/c26-23(22-21(13-16-27-22)19-9-5-2-6-10-19)24-20-11-14-25(15-12-20)17-18-7-3-1-4-8-18/h1-10,13,16,20H,11-12,14-15,17H2,(H,24,26). The number of carbonyl (C=O) groups is 1. The molecule has 138 valence electrons. The smallest absolute Gasteiger partial charge is 0.287 e. The van der Waals surface area contributed by atoms with Crippen LogP contribution in [-0.2, 0) is 6.54 Å². The lowest BCUT2D eigenvalue weighted by molar-refractivity contribution is 0.0882. The number of amides is 1. The van der Waals surface area contributed by atoms with Gasteiger partial charge in [-0.25, -0.2) is 0 Å². The minimum atomic E-state index is -0.125. The van der Waals surface area contributed by atoms with Gasteiger partial charge in [-0.1, -0.05) is 60.7 Å². The van der Waals surface area contributed by atoms with Gasteiger partial charge in [0.05, 0.1) is 6.26 Å². The van der Waals surface area contributed by atoms with Gasteiger partial charge in [0.15, 0.2) is 5.76 Å². The highest BCUT2D eigenvalue weighted by Crippen LogP contribution is 2.25. The van der Waals surface area contributed by atoms with Gasteiger partial charge in [-0.05, 0) is 30.0 Å². The Balaban J connectivity index is 1.33. The van der Waals surface area contributed by atoms with Gasteiger partial charge in [0, 0.05) is 31.2 Å². The van der Waals surface area contributed by atoms with Crippen LogP contribution in [0.2, 0.25) is 0 Å². The molecule has 3 aromatic rings. The summed E-state index contributed by atoms with van der Waals surface area (Å²) < 4.78 is 5.50. The van der Waals surface area contributed by atoms with Crippen LogP contribution in [0.1, 0.15) is 29.0 Å². The Kier molecular flexibility index (Phi) is 5.35. The van der Waals surface area contributed by atoms with E-state index >= 15 is 0 Å². The van der Waals surface area contributed by atoms with Crippen molar-refractivity contribution in [1.29, 1.82) is 0 Å². The first-order chi connectivity index (χ1) is 13.3. The average molecular weight is 360 g/mol. The third-order valence-electron chi connectivity index (χ3n) is 5.13. The third kappa shape index (κ3) is 4.29. The maximum absolute atomic E-state index is 12.7. The molecule has 1 saturated heterocycles. The molecule has 0 aliphatic carbocycles. The van der Waals surface area contributed by atoms with E-state index in [1.54, 1.807) is 6.26 Å². The predicted molar refractivity (Wildman–Crippen MR) is 106 cm³/mol. The largest absolute Gasteiger partial charge is 0.459 e. The van der Waals surface area contributed by atoms with Crippen LogP contribution in [0.5, 0.6) is 0 Å². The van der Waals surface area contributed by atoms with E-state index in [1.807, 2.05) is 42.5 Å². The summed E-state index contributed by atoms with van der Waals surface area (Å²) in [6.07, 6.45) is 3.50. The number of hydrogen-bond donors (Lipinski definition) is 1. The van der Waals surface area contributed by atoms with Gasteiger partial charge in [-0.3, -0.25) is 9.69 Å². The number of nitrogens with zero attached hydrogens (tertiary/aromatic N) is 1. The Morgan fingerprint density at radius 1 is 0.963 bits per heavy atom. The quantitative estimate of drug-likeness (QED) is 0.736. The van der Waals surface area contributed by atoms with Crippen LogP contribution < -0.4 is 5.32 Å². The van der Waals surface area contributed by atoms with Crippen LogP contribution in [0.25, 0.3) is 11.1 Å². The fraction of sp³-hybridized carbons (Fsp3) is 0.261. The molecule has 1 amide bonds. The fourth-order valence-corrected chi connectivity index (χ4v) is 3.66. The molecule has 0 saturated carbocycles. The lowest BCUT2D eigenvalue weighted by Crippen LogP contribution is -2.44. The summed E-state index contributed by atoms with van der Waals surface area (Å²) in [6, 6.07) is 22.4. The van der Waals surface area contributed by atoms with E-state index in [9.17, 15) is 4.79 Å². The minimum Gasteiger partial charge on any atom is -0.459 e. The van der Waals surface area contributed by atoms with Crippen molar-refractivity contribution in [1.82, 2.24) is 10.2 Å². The number of piperidine rings is 1. The van der Waals surface area contributed by atoms with Crippen LogP contribution in [0, 0.1) is 0 Å². The van der Waals surface area contributed by atoms with Gasteiger partial charge in [0.25, 0.3) is 5.91 Å². The summed E-state index contributed by atoms with van der Waals surface area (Å²) in [5.41, 5.74) is 3.17. The first-order valence-electron chi connectivity index (χ1n) is 9.49. The van der Waals surface area contributed by atoms with Crippen molar-refractivity contribution in [2.45, 2.75) is 25.4 Å². The molecule has 4 rings (SSSR count). The molecule has 0 radical (unpaired) electrons. The molecular weight excluding hydrogens is 336 g/mol. The lowest BCUT2D eigenvalue weighted by Gasteiger charge is -2.32. The van der Waals surface area contributed by atoms with Gasteiger partial charge in [-0.2, -0.15) is 0 Å². The number of furan rings is 1. The number of benzene rings is 2. The minimum absolute atomic E-state index is 0.125. The van der Waals surface area contributed by atoms with Crippen LogP contribution in [0.15, 0.2) is 77.4 Å². The second-order valence-electron chi connectivity index (χ2n) is 7.04. The molecule has 0 bridgehead atoms. The SMILES string of the molecule is O=C(NC1CCN(Cc2ccccc2)CC1)c1occc1-c1ccccc1. The zero-order valence-electron chi connectivity index (χ0n) is 15.3. The van der Waals surface area contributed by atoms with Crippen molar-refractivity contribution in [3.63, 3.8) is 0 Å². The Morgan fingerprint density at radius 3 is 2.33 bits per heavy atom. The first kappa shape index (κ1) is 17.6. The Bertz CT molecular complexity index is 866. The summed E-state index contributed by atoms with van der Waals surface area (Å²) in [4.78, 5) is 15.2. The van der Waals surface area contributed by atoms with Crippen molar-refractivity contribution >= 4 is 5.91 Å². The molecule has 4 heteroatoms. The third-order valence-corrected chi connectivity index (χ3v) is 5.13. The van der Waals surface area contributed by atoms with Gasteiger partial charge in [-0.15, -0.1) is 0 Å². The molecule has 0 spiro atoms. The number of nitrogens with one attached hydrogen (secondary N) is 1. The van der Waals surface area contributed by atoms with Crippen LogP contribution in [0.3, 0.4) is 0 Å². The second-order valence-corrected chi connectivity index (χ2v) is 7.04. The van der Waals surface area contributed by atoms with E-state index < -0.39 is 0 Å². The van der Waals surface area contributed by atoms with E-state index in [0.717, 1.165) is 43.6 Å². The summed E-state index contributed by atoms with van der Waals surface area (Å²) in [5, 5.41) is 3.16. The molecule has 1 aliphatic heterocycles. The molecule has 1 fully saturated rings. The van der Waals surface area contributed by atoms with Gasteiger partial charge < -0.3 is 9.73 Å². The number of likely N-dealkylation sites (tertiary alicyclic amines) is 1. The number of rotatable bonds is 5. The van der Waals surface area contributed by atoms with E-state index in [1.165, 1.54) is 5.56 Å². The van der Waals surface area contributed by atoms with Crippen LogP contribution in [0.4, 0.5) is 0 Å². The molecule has 1 N–H and O–H groups in total. The molecule has 27 heavy (non-hydrogen) atoms. The van der Waals surface area contributed by atoms with Crippen LogP contribution in [-0.4, -0.2) is 29.9 Å². The molecule has 1 aliphatic rings. The average Bonchev–Trinajstić information content (AvgIpc) is 3.21. The van der Waals surface area contributed by atoms with Gasteiger partial charge in [0.1, 0.15) is 0 Å². The highest BCUT2D eigenvalue weighted by atomic mass is 16.3.